The summed E-state index contributed by atoms with van der Waals surface area (Å²) in [5.74, 6) is -0.301. The van der Waals surface area contributed by atoms with Crippen LogP contribution >= 0.6 is 11.6 Å². The largest absolute Gasteiger partial charge is 0.345 e. The van der Waals surface area contributed by atoms with E-state index in [1.807, 2.05) is 18.2 Å². The van der Waals surface area contributed by atoms with Crippen molar-refractivity contribution < 1.29 is 9.59 Å². The van der Waals surface area contributed by atoms with E-state index < -0.39 is 0 Å². The fourth-order valence-electron chi connectivity index (χ4n) is 2.45. The number of fused-ring (bicyclic) bond motifs is 1. The highest BCUT2D eigenvalue weighted by Gasteiger charge is 2.29. The van der Waals surface area contributed by atoms with Crippen LogP contribution in [0.3, 0.4) is 0 Å². The number of rotatable bonds is 3. The quantitative estimate of drug-likeness (QED) is 0.915. The SMILES string of the molecule is O=C(CC1NC(=O)c2ccccc21)Nc1cccc(Cl)c1. The monoisotopic (exact) mass is 300 g/mol. The highest BCUT2D eigenvalue weighted by Crippen LogP contribution is 2.27. The number of benzene rings is 2. The van der Waals surface area contributed by atoms with Crippen LogP contribution < -0.4 is 10.6 Å². The molecule has 21 heavy (non-hydrogen) atoms. The average molecular weight is 301 g/mol. The summed E-state index contributed by atoms with van der Waals surface area (Å²) in [4.78, 5) is 23.9. The molecule has 1 unspecified atom stereocenters. The molecular weight excluding hydrogens is 288 g/mol. The average Bonchev–Trinajstić information content (AvgIpc) is 2.76. The summed E-state index contributed by atoms with van der Waals surface area (Å²) in [5.41, 5.74) is 2.15. The maximum absolute atomic E-state index is 12.1. The standard InChI is InChI=1S/C16H13ClN2O2/c17-10-4-3-5-11(8-10)18-15(20)9-14-12-6-1-2-7-13(12)16(21)19-14/h1-8,14H,9H2,(H,18,20)(H,19,21). The lowest BCUT2D eigenvalue weighted by atomic mass is 10.0. The second kappa shape index (κ2) is 5.58. The molecule has 1 atom stereocenters. The van der Waals surface area contributed by atoms with Crippen molar-refractivity contribution in [2.24, 2.45) is 0 Å². The Morgan fingerprint density at radius 1 is 1.19 bits per heavy atom. The number of halogens is 1. The van der Waals surface area contributed by atoms with Crippen LogP contribution in [0.2, 0.25) is 5.02 Å². The van der Waals surface area contributed by atoms with Gasteiger partial charge in [-0.05, 0) is 29.8 Å². The van der Waals surface area contributed by atoms with E-state index in [4.69, 9.17) is 11.6 Å². The zero-order chi connectivity index (χ0) is 14.8. The van der Waals surface area contributed by atoms with Gasteiger partial charge in [0, 0.05) is 16.3 Å². The molecule has 2 amide bonds. The van der Waals surface area contributed by atoms with Gasteiger partial charge in [-0.1, -0.05) is 35.9 Å². The fourth-order valence-corrected chi connectivity index (χ4v) is 2.64. The Hall–Kier alpha value is -2.33. The molecule has 2 aromatic carbocycles. The van der Waals surface area contributed by atoms with Gasteiger partial charge < -0.3 is 10.6 Å². The van der Waals surface area contributed by atoms with Gasteiger partial charge >= 0.3 is 0 Å². The van der Waals surface area contributed by atoms with Gasteiger partial charge in [0.2, 0.25) is 5.91 Å². The van der Waals surface area contributed by atoms with Crippen LogP contribution in [0.15, 0.2) is 48.5 Å². The van der Waals surface area contributed by atoms with E-state index in [1.54, 1.807) is 30.3 Å². The van der Waals surface area contributed by atoms with Crippen LogP contribution in [0.5, 0.6) is 0 Å². The van der Waals surface area contributed by atoms with E-state index in [0.717, 1.165) is 5.56 Å². The molecule has 5 heteroatoms. The Bertz CT molecular complexity index is 715. The van der Waals surface area contributed by atoms with Crippen molar-refractivity contribution in [1.29, 1.82) is 0 Å². The molecule has 0 fully saturated rings. The number of amides is 2. The first-order valence-electron chi connectivity index (χ1n) is 6.59. The Balaban J connectivity index is 1.70. The molecule has 0 saturated carbocycles. The van der Waals surface area contributed by atoms with Gasteiger partial charge in [0.15, 0.2) is 0 Å². The Kier molecular flexibility index (Phi) is 3.62. The zero-order valence-electron chi connectivity index (χ0n) is 11.1. The first-order chi connectivity index (χ1) is 10.1. The Morgan fingerprint density at radius 2 is 2.00 bits per heavy atom. The highest BCUT2D eigenvalue weighted by atomic mass is 35.5. The molecule has 1 aliphatic rings. The normalized spacial score (nSPS) is 16.2. The van der Waals surface area contributed by atoms with Gasteiger partial charge in [-0.25, -0.2) is 0 Å². The van der Waals surface area contributed by atoms with Crippen molar-refractivity contribution in [1.82, 2.24) is 5.32 Å². The molecule has 0 radical (unpaired) electrons. The molecule has 0 saturated heterocycles. The first kappa shape index (κ1) is 13.6. The fraction of sp³-hybridized carbons (Fsp3) is 0.125. The van der Waals surface area contributed by atoms with Gasteiger partial charge in [-0.15, -0.1) is 0 Å². The lowest BCUT2D eigenvalue weighted by Crippen LogP contribution is -2.24. The summed E-state index contributed by atoms with van der Waals surface area (Å²) in [6, 6.07) is 14.0. The van der Waals surface area contributed by atoms with Crippen molar-refractivity contribution in [3.05, 3.63) is 64.7 Å². The molecule has 1 heterocycles. The number of carbonyl (C=O) groups excluding carboxylic acids is 2. The smallest absolute Gasteiger partial charge is 0.252 e. The van der Waals surface area contributed by atoms with Crippen LogP contribution in [0.4, 0.5) is 5.69 Å². The maximum Gasteiger partial charge on any atom is 0.252 e. The molecule has 3 rings (SSSR count). The predicted octanol–water partition coefficient (Wildman–Crippen LogP) is 3.15. The van der Waals surface area contributed by atoms with Gasteiger partial charge in [-0.3, -0.25) is 9.59 Å². The number of anilines is 1. The lowest BCUT2D eigenvalue weighted by molar-refractivity contribution is -0.116. The molecule has 0 spiro atoms. The third-order valence-corrected chi connectivity index (χ3v) is 3.62. The molecule has 0 aromatic heterocycles. The van der Waals surface area contributed by atoms with Crippen LogP contribution in [0, 0.1) is 0 Å². The van der Waals surface area contributed by atoms with Crippen LogP contribution in [0.1, 0.15) is 28.4 Å². The van der Waals surface area contributed by atoms with Crippen molar-refractivity contribution in [2.75, 3.05) is 5.32 Å². The molecule has 0 aliphatic carbocycles. The van der Waals surface area contributed by atoms with E-state index in [-0.39, 0.29) is 24.3 Å². The molecule has 4 nitrogen and oxygen atoms in total. The predicted molar refractivity (Wildman–Crippen MR) is 81.3 cm³/mol. The molecule has 2 N–H and O–H groups in total. The van der Waals surface area contributed by atoms with Gasteiger partial charge in [0.05, 0.1) is 12.5 Å². The Labute approximate surface area is 127 Å². The highest BCUT2D eigenvalue weighted by molar-refractivity contribution is 6.30. The Morgan fingerprint density at radius 3 is 2.81 bits per heavy atom. The van der Waals surface area contributed by atoms with Crippen LogP contribution in [-0.4, -0.2) is 11.8 Å². The zero-order valence-corrected chi connectivity index (χ0v) is 11.9. The van der Waals surface area contributed by atoms with Crippen molar-refractivity contribution in [3.8, 4) is 0 Å². The van der Waals surface area contributed by atoms with E-state index in [0.29, 0.717) is 16.3 Å². The second-order valence-electron chi connectivity index (χ2n) is 4.88. The second-order valence-corrected chi connectivity index (χ2v) is 5.31. The minimum atomic E-state index is -0.284. The number of hydrogen-bond acceptors (Lipinski definition) is 2. The third kappa shape index (κ3) is 2.90. The van der Waals surface area contributed by atoms with E-state index >= 15 is 0 Å². The molecule has 2 aromatic rings. The van der Waals surface area contributed by atoms with E-state index in [9.17, 15) is 9.59 Å². The van der Waals surface area contributed by atoms with Gasteiger partial charge in [0.25, 0.3) is 5.91 Å². The summed E-state index contributed by atoms with van der Waals surface area (Å²) in [7, 11) is 0. The minimum absolute atomic E-state index is 0.133. The van der Waals surface area contributed by atoms with Gasteiger partial charge in [-0.2, -0.15) is 0 Å². The number of hydrogen-bond donors (Lipinski definition) is 2. The van der Waals surface area contributed by atoms with Crippen molar-refractivity contribution >= 4 is 29.1 Å². The molecule has 1 aliphatic heterocycles. The van der Waals surface area contributed by atoms with Crippen molar-refractivity contribution in [2.45, 2.75) is 12.5 Å². The molecule has 0 bridgehead atoms. The summed E-state index contributed by atoms with van der Waals surface area (Å²) < 4.78 is 0. The number of nitrogens with one attached hydrogen (secondary N) is 2. The summed E-state index contributed by atoms with van der Waals surface area (Å²) in [6.45, 7) is 0. The van der Waals surface area contributed by atoms with Crippen LogP contribution in [-0.2, 0) is 4.79 Å². The number of carbonyl (C=O) groups is 2. The summed E-state index contributed by atoms with van der Waals surface area (Å²) in [6.07, 6.45) is 0.190. The molecule has 106 valence electrons. The maximum atomic E-state index is 12.1. The third-order valence-electron chi connectivity index (χ3n) is 3.38. The van der Waals surface area contributed by atoms with E-state index in [2.05, 4.69) is 10.6 Å². The summed E-state index contributed by atoms with van der Waals surface area (Å²) in [5, 5.41) is 6.16. The molecular formula is C16H13ClN2O2. The minimum Gasteiger partial charge on any atom is -0.345 e. The van der Waals surface area contributed by atoms with Crippen LogP contribution in [0.25, 0.3) is 0 Å². The van der Waals surface area contributed by atoms with Gasteiger partial charge in [0.1, 0.15) is 0 Å². The first-order valence-corrected chi connectivity index (χ1v) is 6.96. The summed E-state index contributed by atoms with van der Waals surface area (Å²) >= 11 is 5.88. The van der Waals surface area contributed by atoms with E-state index in [1.165, 1.54) is 0 Å². The lowest BCUT2D eigenvalue weighted by Gasteiger charge is -2.12. The van der Waals surface area contributed by atoms with Crippen molar-refractivity contribution in [3.63, 3.8) is 0 Å². The topological polar surface area (TPSA) is 58.2 Å².